The van der Waals surface area contributed by atoms with Gasteiger partial charge in [-0.1, -0.05) is 11.6 Å². The van der Waals surface area contributed by atoms with Crippen LogP contribution in [0.5, 0.6) is 5.75 Å². The Balaban J connectivity index is 1.66. The van der Waals surface area contributed by atoms with Crippen molar-refractivity contribution in [3.8, 4) is 11.4 Å². The van der Waals surface area contributed by atoms with E-state index in [1.54, 1.807) is 19.2 Å². The largest absolute Gasteiger partial charge is 0.488 e. The maximum absolute atomic E-state index is 14.4. The molecule has 2 atom stereocenters. The lowest BCUT2D eigenvalue weighted by atomic mass is 10.0. The normalized spacial score (nSPS) is 20.6. The van der Waals surface area contributed by atoms with Crippen LogP contribution in [0.15, 0.2) is 30.6 Å². The minimum atomic E-state index is -3.36. The molecule has 0 spiro atoms. The van der Waals surface area contributed by atoms with Gasteiger partial charge in [-0.05, 0) is 31.9 Å². The molecule has 1 saturated heterocycles. The molecule has 2 heterocycles. The first kappa shape index (κ1) is 20.1. The zero-order valence-corrected chi connectivity index (χ0v) is 16.3. The van der Waals surface area contributed by atoms with E-state index in [1.807, 2.05) is 0 Å². The summed E-state index contributed by atoms with van der Waals surface area (Å²) in [4.78, 5) is 0. The molecule has 0 aliphatic carbocycles. The van der Waals surface area contributed by atoms with E-state index in [0.29, 0.717) is 23.7 Å². The Morgan fingerprint density at radius 1 is 1.48 bits per heavy atom. The first-order valence-corrected chi connectivity index (χ1v) is 10.7. The second-order valence-corrected chi connectivity index (χ2v) is 8.69. The van der Waals surface area contributed by atoms with Gasteiger partial charge in [-0.2, -0.15) is 5.10 Å². The van der Waals surface area contributed by atoms with Crippen molar-refractivity contribution in [1.29, 1.82) is 0 Å². The minimum Gasteiger partial charge on any atom is -0.488 e. The van der Waals surface area contributed by atoms with Gasteiger partial charge in [0.2, 0.25) is 10.0 Å². The Morgan fingerprint density at radius 3 is 2.96 bits per heavy atom. The number of nitrogens with zero attached hydrogens (tertiary/aromatic N) is 2. The SMILES string of the molecule is CCS(=O)(=O)N[C@H]1CCCO[C@@H]1COc1ccc(-n2cc(Cl)cn2)cc1F. The second kappa shape index (κ2) is 8.55. The standard InChI is InChI=1S/C17H21ClFN3O4S/c1-2-27(23,24)21-15-4-3-7-25-17(15)11-26-16-6-5-13(8-14(16)19)22-10-12(18)9-20-22/h5-6,8-10,15,17,21H,2-4,7,11H2,1H3/t15-,17+/m0/s1. The van der Waals surface area contributed by atoms with Crippen molar-refractivity contribution in [2.45, 2.75) is 31.9 Å². The molecule has 2 aromatic rings. The van der Waals surface area contributed by atoms with Crippen molar-refractivity contribution in [1.82, 2.24) is 14.5 Å². The summed E-state index contributed by atoms with van der Waals surface area (Å²) >= 11 is 5.82. The molecule has 7 nitrogen and oxygen atoms in total. The summed E-state index contributed by atoms with van der Waals surface area (Å²) in [6, 6.07) is 4.05. The number of rotatable bonds is 7. The molecule has 1 aromatic heterocycles. The molecule has 1 fully saturated rings. The van der Waals surface area contributed by atoms with Gasteiger partial charge in [-0.3, -0.25) is 0 Å². The summed E-state index contributed by atoms with van der Waals surface area (Å²) in [6.07, 6.45) is 3.94. The lowest BCUT2D eigenvalue weighted by Gasteiger charge is -2.31. The molecule has 0 saturated carbocycles. The Labute approximate surface area is 162 Å². The molecule has 1 N–H and O–H groups in total. The van der Waals surface area contributed by atoms with Crippen molar-refractivity contribution in [2.75, 3.05) is 19.0 Å². The summed E-state index contributed by atoms with van der Waals surface area (Å²) in [5, 5.41) is 4.47. The van der Waals surface area contributed by atoms with E-state index in [4.69, 9.17) is 21.1 Å². The molecule has 0 unspecified atom stereocenters. The lowest BCUT2D eigenvalue weighted by Crippen LogP contribution is -2.49. The summed E-state index contributed by atoms with van der Waals surface area (Å²) in [6.45, 7) is 2.13. The molecule has 27 heavy (non-hydrogen) atoms. The fourth-order valence-electron chi connectivity index (χ4n) is 2.82. The van der Waals surface area contributed by atoms with E-state index in [-0.39, 0.29) is 18.1 Å². The van der Waals surface area contributed by atoms with Crippen LogP contribution in [0.2, 0.25) is 5.02 Å². The third kappa shape index (κ3) is 5.19. The Morgan fingerprint density at radius 2 is 2.30 bits per heavy atom. The molecule has 1 aliphatic rings. The molecule has 1 aliphatic heterocycles. The summed E-state index contributed by atoms with van der Waals surface area (Å²) in [7, 11) is -3.36. The molecule has 0 amide bonds. The van der Waals surface area contributed by atoms with Crippen LogP contribution in [0.4, 0.5) is 4.39 Å². The molecule has 0 radical (unpaired) electrons. The smallest absolute Gasteiger partial charge is 0.211 e. The summed E-state index contributed by atoms with van der Waals surface area (Å²) in [5.74, 6) is -0.506. The molecule has 3 rings (SSSR count). The second-order valence-electron chi connectivity index (χ2n) is 6.21. The van der Waals surface area contributed by atoms with Gasteiger partial charge in [0.05, 0.1) is 28.7 Å². The van der Waals surface area contributed by atoms with Crippen molar-refractivity contribution in [3.63, 3.8) is 0 Å². The fraction of sp³-hybridized carbons (Fsp3) is 0.471. The predicted molar refractivity (Wildman–Crippen MR) is 99.4 cm³/mol. The average Bonchev–Trinajstić information content (AvgIpc) is 3.08. The number of sulfonamides is 1. The first-order chi connectivity index (χ1) is 12.9. The number of aromatic nitrogens is 2. The van der Waals surface area contributed by atoms with Gasteiger partial charge in [0, 0.05) is 18.9 Å². The molecular weight excluding hydrogens is 397 g/mol. The number of halogens is 2. The van der Waals surface area contributed by atoms with Crippen LogP contribution in [-0.4, -0.2) is 49.3 Å². The van der Waals surface area contributed by atoms with Gasteiger partial charge in [0.1, 0.15) is 12.7 Å². The van der Waals surface area contributed by atoms with E-state index in [0.717, 1.165) is 6.42 Å². The van der Waals surface area contributed by atoms with Crippen LogP contribution in [0, 0.1) is 5.82 Å². The number of hydrogen-bond acceptors (Lipinski definition) is 5. The quantitative estimate of drug-likeness (QED) is 0.748. The molecule has 148 valence electrons. The number of hydrogen-bond donors (Lipinski definition) is 1. The minimum absolute atomic E-state index is 0.00931. The number of ether oxygens (including phenoxy) is 2. The van der Waals surface area contributed by atoms with E-state index >= 15 is 0 Å². The Hall–Kier alpha value is -1.68. The Kier molecular flexibility index (Phi) is 6.36. The third-order valence-corrected chi connectivity index (χ3v) is 5.90. The monoisotopic (exact) mass is 417 g/mol. The maximum atomic E-state index is 14.4. The highest BCUT2D eigenvalue weighted by Crippen LogP contribution is 2.23. The highest BCUT2D eigenvalue weighted by Gasteiger charge is 2.30. The summed E-state index contributed by atoms with van der Waals surface area (Å²) in [5.41, 5.74) is 0.509. The third-order valence-electron chi connectivity index (χ3n) is 4.29. The lowest BCUT2D eigenvalue weighted by molar-refractivity contribution is -0.0285. The zero-order valence-electron chi connectivity index (χ0n) is 14.8. The molecular formula is C17H21ClFN3O4S. The van der Waals surface area contributed by atoms with Gasteiger partial charge < -0.3 is 9.47 Å². The predicted octanol–water partition coefficient (Wildman–Crippen LogP) is 2.53. The van der Waals surface area contributed by atoms with Crippen molar-refractivity contribution in [2.24, 2.45) is 0 Å². The van der Waals surface area contributed by atoms with Crippen LogP contribution < -0.4 is 9.46 Å². The van der Waals surface area contributed by atoms with Crippen LogP contribution in [0.3, 0.4) is 0 Å². The van der Waals surface area contributed by atoms with Crippen LogP contribution in [0.1, 0.15) is 19.8 Å². The molecule has 10 heteroatoms. The Bertz CT molecular complexity index is 890. The van der Waals surface area contributed by atoms with Crippen molar-refractivity contribution in [3.05, 3.63) is 41.4 Å². The first-order valence-electron chi connectivity index (χ1n) is 8.62. The highest BCUT2D eigenvalue weighted by molar-refractivity contribution is 7.89. The average molecular weight is 418 g/mol. The van der Waals surface area contributed by atoms with E-state index in [9.17, 15) is 12.8 Å². The highest BCUT2D eigenvalue weighted by atomic mass is 35.5. The van der Waals surface area contributed by atoms with Gasteiger partial charge in [-0.15, -0.1) is 0 Å². The van der Waals surface area contributed by atoms with Gasteiger partial charge in [-0.25, -0.2) is 22.2 Å². The molecule has 0 bridgehead atoms. The fourth-order valence-corrected chi connectivity index (χ4v) is 3.85. The van der Waals surface area contributed by atoms with E-state index in [1.165, 1.54) is 23.0 Å². The number of nitrogens with one attached hydrogen (secondary N) is 1. The van der Waals surface area contributed by atoms with Gasteiger partial charge in [0.25, 0.3) is 0 Å². The van der Waals surface area contributed by atoms with E-state index < -0.39 is 28.0 Å². The summed E-state index contributed by atoms with van der Waals surface area (Å²) < 4.78 is 53.3. The number of benzene rings is 1. The maximum Gasteiger partial charge on any atom is 0.211 e. The molecule has 1 aromatic carbocycles. The zero-order chi connectivity index (χ0) is 19.4. The van der Waals surface area contributed by atoms with Crippen LogP contribution in [0.25, 0.3) is 5.69 Å². The van der Waals surface area contributed by atoms with Crippen molar-refractivity contribution < 1.29 is 22.3 Å². The van der Waals surface area contributed by atoms with Crippen molar-refractivity contribution >= 4 is 21.6 Å². The van der Waals surface area contributed by atoms with E-state index in [2.05, 4.69) is 9.82 Å². The van der Waals surface area contributed by atoms with Crippen LogP contribution >= 0.6 is 11.6 Å². The van der Waals surface area contributed by atoms with Gasteiger partial charge in [0.15, 0.2) is 11.6 Å². The topological polar surface area (TPSA) is 82.5 Å². The van der Waals surface area contributed by atoms with Crippen LogP contribution in [-0.2, 0) is 14.8 Å². The van der Waals surface area contributed by atoms with Gasteiger partial charge >= 0.3 is 0 Å².